The molecule has 1 aromatic rings. The second-order valence-corrected chi connectivity index (χ2v) is 5.66. The van der Waals surface area contributed by atoms with Crippen molar-refractivity contribution in [3.05, 3.63) is 29.8 Å². The molecule has 5 nitrogen and oxygen atoms in total. The summed E-state index contributed by atoms with van der Waals surface area (Å²) in [5, 5.41) is 13.1. The van der Waals surface area contributed by atoms with Gasteiger partial charge in [-0.1, -0.05) is 18.2 Å². The summed E-state index contributed by atoms with van der Waals surface area (Å²) in [5.41, 5.74) is 0.0165. The molecular weight excluding hydrogens is 268 g/mol. The number of ether oxygens (including phenoxy) is 1. The van der Waals surface area contributed by atoms with Gasteiger partial charge >= 0.3 is 5.97 Å². The molecule has 1 unspecified atom stereocenters. The molecule has 1 atom stereocenters. The Morgan fingerprint density at radius 3 is 2.86 bits per heavy atom. The third kappa shape index (κ3) is 3.54. The molecule has 1 heterocycles. The van der Waals surface area contributed by atoms with E-state index in [2.05, 4.69) is 10.2 Å². The number of benzene rings is 1. The highest BCUT2D eigenvalue weighted by atomic mass is 16.5. The fraction of sp³-hybridized carbons (Fsp3) is 0.562. The van der Waals surface area contributed by atoms with Crippen molar-refractivity contribution in [1.29, 1.82) is 0 Å². The lowest BCUT2D eigenvalue weighted by Gasteiger charge is -2.37. The van der Waals surface area contributed by atoms with Crippen molar-refractivity contribution in [3.8, 4) is 5.75 Å². The van der Waals surface area contributed by atoms with Crippen molar-refractivity contribution in [2.24, 2.45) is 0 Å². The second-order valence-electron chi connectivity index (χ2n) is 5.66. The van der Waals surface area contributed by atoms with Crippen molar-refractivity contribution in [2.75, 3.05) is 33.3 Å². The lowest BCUT2D eigenvalue weighted by molar-refractivity contribution is -0.150. The molecular formula is C16H24N2O3. The molecule has 1 aliphatic heterocycles. The smallest absolute Gasteiger partial charge is 0.324 e. The van der Waals surface area contributed by atoms with E-state index in [1.165, 1.54) is 0 Å². The van der Waals surface area contributed by atoms with Gasteiger partial charge in [-0.05, 0) is 31.5 Å². The van der Waals surface area contributed by atoms with Gasteiger partial charge in [-0.15, -0.1) is 0 Å². The molecule has 2 N–H and O–H groups in total. The fourth-order valence-corrected chi connectivity index (χ4v) is 2.88. The maximum absolute atomic E-state index is 11.9. The van der Waals surface area contributed by atoms with Crippen LogP contribution in [0.1, 0.15) is 18.9 Å². The summed E-state index contributed by atoms with van der Waals surface area (Å²) < 4.78 is 5.36. The van der Waals surface area contributed by atoms with Gasteiger partial charge < -0.3 is 15.2 Å². The predicted molar refractivity (Wildman–Crippen MR) is 81.8 cm³/mol. The summed E-state index contributed by atoms with van der Waals surface area (Å²) in [6.45, 7) is 5.13. The Balaban J connectivity index is 2.26. The van der Waals surface area contributed by atoms with Crippen LogP contribution in [0.4, 0.5) is 0 Å². The van der Waals surface area contributed by atoms with Crippen LogP contribution in [0.15, 0.2) is 24.3 Å². The van der Waals surface area contributed by atoms with Crippen LogP contribution in [0.5, 0.6) is 5.75 Å². The topological polar surface area (TPSA) is 61.8 Å². The number of nitrogens with zero attached hydrogens (tertiary/aromatic N) is 1. The summed E-state index contributed by atoms with van der Waals surface area (Å²) in [5.74, 6) is -0.0340. The molecule has 21 heavy (non-hydrogen) atoms. The monoisotopic (exact) mass is 292 g/mol. The van der Waals surface area contributed by atoms with Crippen LogP contribution < -0.4 is 10.1 Å². The van der Waals surface area contributed by atoms with E-state index in [9.17, 15) is 9.90 Å². The Labute approximate surface area is 125 Å². The Hall–Kier alpha value is -1.59. The van der Waals surface area contributed by atoms with E-state index in [4.69, 9.17) is 4.74 Å². The number of nitrogens with one attached hydrogen (secondary N) is 1. The maximum atomic E-state index is 11.9. The first-order valence-corrected chi connectivity index (χ1v) is 7.39. The summed E-state index contributed by atoms with van der Waals surface area (Å²) in [4.78, 5) is 14.0. The highest BCUT2D eigenvalue weighted by Gasteiger charge is 2.40. The Kier molecular flexibility index (Phi) is 5.20. The van der Waals surface area contributed by atoms with E-state index < -0.39 is 11.5 Å². The molecule has 116 valence electrons. The minimum absolute atomic E-state index is 0.437. The van der Waals surface area contributed by atoms with Gasteiger partial charge in [0.05, 0.1) is 7.11 Å². The van der Waals surface area contributed by atoms with Crippen LogP contribution in [0.2, 0.25) is 0 Å². The van der Waals surface area contributed by atoms with Crippen LogP contribution in [-0.2, 0) is 11.2 Å². The first kappa shape index (κ1) is 15.8. The van der Waals surface area contributed by atoms with Gasteiger partial charge in [0.15, 0.2) is 0 Å². The van der Waals surface area contributed by atoms with E-state index in [0.29, 0.717) is 6.42 Å². The number of rotatable bonds is 5. The largest absolute Gasteiger partial charge is 0.496 e. The van der Waals surface area contributed by atoms with Crippen molar-refractivity contribution in [2.45, 2.75) is 25.3 Å². The van der Waals surface area contributed by atoms with E-state index in [-0.39, 0.29) is 0 Å². The predicted octanol–water partition coefficient (Wildman–Crippen LogP) is 1.38. The third-order valence-electron chi connectivity index (χ3n) is 4.23. The maximum Gasteiger partial charge on any atom is 0.324 e. The highest BCUT2D eigenvalue weighted by Crippen LogP contribution is 2.27. The zero-order chi connectivity index (χ0) is 15.3. The average Bonchev–Trinajstić information content (AvgIpc) is 2.77. The average molecular weight is 292 g/mol. The SMILES string of the molecule is COc1ccccc1CC(C)(C(=O)O)N1CCCNCC1. The molecule has 1 aromatic carbocycles. The van der Waals surface area contributed by atoms with Gasteiger partial charge in [-0.25, -0.2) is 0 Å². The van der Waals surface area contributed by atoms with Gasteiger partial charge in [-0.2, -0.15) is 0 Å². The van der Waals surface area contributed by atoms with E-state index in [0.717, 1.165) is 43.9 Å². The number of carboxylic acid groups (broad SMARTS) is 1. The van der Waals surface area contributed by atoms with E-state index in [1.807, 2.05) is 31.2 Å². The molecule has 0 saturated carbocycles. The molecule has 0 amide bonds. The van der Waals surface area contributed by atoms with Crippen molar-refractivity contribution in [3.63, 3.8) is 0 Å². The Morgan fingerprint density at radius 1 is 1.38 bits per heavy atom. The summed E-state index contributed by atoms with van der Waals surface area (Å²) in [7, 11) is 1.62. The van der Waals surface area contributed by atoms with Crippen LogP contribution in [0, 0.1) is 0 Å². The first-order valence-electron chi connectivity index (χ1n) is 7.39. The second kappa shape index (κ2) is 6.91. The first-order chi connectivity index (χ1) is 10.1. The lowest BCUT2D eigenvalue weighted by atomic mass is 9.90. The molecule has 0 radical (unpaired) electrons. The molecule has 5 heteroatoms. The molecule has 0 aliphatic carbocycles. The molecule has 1 aliphatic rings. The summed E-state index contributed by atoms with van der Waals surface area (Å²) in [6, 6.07) is 7.64. The molecule has 0 bridgehead atoms. The van der Waals surface area contributed by atoms with Gasteiger partial charge in [0, 0.05) is 26.1 Å². The van der Waals surface area contributed by atoms with Gasteiger partial charge in [0.25, 0.3) is 0 Å². The zero-order valence-corrected chi connectivity index (χ0v) is 12.8. The molecule has 0 spiro atoms. The third-order valence-corrected chi connectivity index (χ3v) is 4.23. The van der Waals surface area contributed by atoms with Crippen molar-refractivity contribution in [1.82, 2.24) is 10.2 Å². The fourth-order valence-electron chi connectivity index (χ4n) is 2.88. The van der Waals surface area contributed by atoms with E-state index in [1.54, 1.807) is 7.11 Å². The normalized spacial score (nSPS) is 19.5. The Bertz CT molecular complexity index is 484. The highest BCUT2D eigenvalue weighted by molar-refractivity contribution is 5.79. The van der Waals surface area contributed by atoms with Crippen molar-refractivity contribution >= 4 is 5.97 Å². The molecule has 2 rings (SSSR count). The number of para-hydroxylation sites is 1. The minimum Gasteiger partial charge on any atom is -0.496 e. The zero-order valence-electron chi connectivity index (χ0n) is 12.8. The molecule has 0 aromatic heterocycles. The number of hydrogen-bond donors (Lipinski definition) is 2. The van der Waals surface area contributed by atoms with Crippen LogP contribution in [-0.4, -0.2) is 54.8 Å². The van der Waals surface area contributed by atoms with Crippen LogP contribution >= 0.6 is 0 Å². The molecule has 1 fully saturated rings. The van der Waals surface area contributed by atoms with Gasteiger partial charge in [0.1, 0.15) is 11.3 Å². The standard InChI is InChI=1S/C16H24N2O3/c1-16(15(19)20,18-10-5-8-17-9-11-18)12-13-6-3-4-7-14(13)21-2/h3-4,6-7,17H,5,8-12H2,1-2H3,(H,19,20). The quantitative estimate of drug-likeness (QED) is 0.858. The van der Waals surface area contributed by atoms with E-state index >= 15 is 0 Å². The lowest BCUT2D eigenvalue weighted by Crippen LogP contribution is -2.55. The number of carboxylic acids is 1. The van der Waals surface area contributed by atoms with Gasteiger partial charge in [0.2, 0.25) is 0 Å². The number of aliphatic carboxylic acids is 1. The molecule has 1 saturated heterocycles. The number of carbonyl (C=O) groups is 1. The Morgan fingerprint density at radius 2 is 2.14 bits per heavy atom. The van der Waals surface area contributed by atoms with Crippen LogP contribution in [0.3, 0.4) is 0 Å². The van der Waals surface area contributed by atoms with Crippen LogP contribution in [0.25, 0.3) is 0 Å². The number of methoxy groups -OCH3 is 1. The summed E-state index contributed by atoms with van der Waals surface area (Å²) in [6.07, 6.45) is 1.40. The van der Waals surface area contributed by atoms with Crippen molar-refractivity contribution < 1.29 is 14.6 Å². The minimum atomic E-state index is -0.916. The summed E-state index contributed by atoms with van der Waals surface area (Å²) >= 11 is 0. The number of hydrogen-bond acceptors (Lipinski definition) is 4. The van der Waals surface area contributed by atoms with Gasteiger partial charge in [-0.3, -0.25) is 9.69 Å².